The smallest absolute Gasteiger partial charge is 0.337 e. The van der Waals surface area contributed by atoms with Crippen LogP contribution < -0.4 is 4.74 Å². The van der Waals surface area contributed by atoms with Gasteiger partial charge in [0, 0.05) is 0 Å². The largest absolute Gasteiger partial charge is 0.494 e. The molecule has 1 unspecified atom stereocenters. The van der Waals surface area contributed by atoms with Crippen LogP contribution in [0.4, 0.5) is 0 Å². The number of benzene rings is 1. The average Bonchev–Trinajstić information content (AvgIpc) is 2.75. The summed E-state index contributed by atoms with van der Waals surface area (Å²) in [4.78, 5) is 10.7. The van der Waals surface area contributed by atoms with E-state index in [0.29, 0.717) is 12.2 Å². The Morgan fingerprint density at radius 3 is 1.53 bits per heavy atom. The summed E-state index contributed by atoms with van der Waals surface area (Å²) in [5, 5.41) is 18.3. The van der Waals surface area contributed by atoms with E-state index in [1.165, 1.54) is 96.3 Å². The van der Waals surface area contributed by atoms with Gasteiger partial charge in [-0.1, -0.05) is 115 Å². The van der Waals surface area contributed by atoms with E-state index in [4.69, 9.17) is 9.84 Å². The lowest BCUT2D eigenvalue weighted by Crippen LogP contribution is -2.10. The SMILES string of the molecule is CCCCCCCCCCCCCCCCCCOc1ccc(C(O)C(=O)O)cc1. The van der Waals surface area contributed by atoms with Crippen LogP contribution in [-0.4, -0.2) is 22.8 Å². The van der Waals surface area contributed by atoms with Gasteiger partial charge in [0.25, 0.3) is 0 Å². The first-order valence-electron chi connectivity index (χ1n) is 12.3. The van der Waals surface area contributed by atoms with Gasteiger partial charge in [-0.25, -0.2) is 4.79 Å². The molecule has 0 aliphatic heterocycles. The highest BCUT2D eigenvalue weighted by Crippen LogP contribution is 2.19. The third-order valence-corrected chi connectivity index (χ3v) is 5.70. The summed E-state index contributed by atoms with van der Waals surface area (Å²) in [5.41, 5.74) is 0.372. The summed E-state index contributed by atoms with van der Waals surface area (Å²) in [6.45, 7) is 2.95. The Morgan fingerprint density at radius 1 is 0.733 bits per heavy atom. The number of carboxylic acids is 1. The topological polar surface area (TPSA) is 66.8 Å². The van der Waals surface area contributed by atoms with Crippen molar-refractivity contribution >= 4 is 5.97 Å². The van der Waals surface area contributed by atoms with Crippen LogP contribution in [-0.2, 0) is 4.79 Å². The van der Waals surface area contributed by atoms with Crippen LogP contribution in [0, 0.1) is 0 Å². The summed E-state index contributed by atoms with van der Waals surface area (Å²) in [6.07, 6.45) is 20.2. The first kappa shape index (κ1) is 26.5. The molecule has 0 radical (unpaired) electrons. The summed E-state index contributed by atoms with van der Waals surface area (Å²) in [5.74, 6) is -0.519. The van der Waals surface area contributed by atoms with Crippen LogP contribution >= 0.6 is 0 Å². The molecule has 4 heteroatoms. The van der Waals surface area contributed by atoms with Crippen molar-refractivity contribution in [2.45, 2.75) is 116 Å². The lowest BCUT2D eigenvalue weighted by atomic mass is 10.0. The molecule has 172 valence electrons. The summed E-state index contributed by atoms with van der Waals surface area (Å²) in [7, 11) is 0. The van der Waals surface area contributed by atoms with E-state index in [0.717, 1.165) is 12.2 Å². The highest BCUT2D eigenvalue weighted by atomic mass is 16.5. The van der Waals surface area contributed by atoms with E-state index >= 15 is 0 Å². The van der Waals surface area contributed by atoms with Gasteiger partial charge in [0.05, 0.1) is 6.61 Å². The zero-order chi connectivity index (χ0) is 21.9. The predicted octanol–water partition coefficient (Wildman–Crippen LogP) is 7.44. The number of carboxylic acid groups (broad SMARTS) is 1. The maximum atomic E-state index is 10.7. The summed E-state index contributed by atoms with van der Waals surface area (Å²) >= 11 is 0. The molecule has 0 fully saturated rings. The van der Waals surface area contributed by atoms with E-state index < -0.39 is 12.1 Å². The number of hydrogen-bond acceptors (Lipinski definition) is 3. The van der Waals surface area contributed by atoms with Gasteiger partial charge in [-0.3, -0.25) is 0 Å². The number of ether oxygens (including phenoxy) is 1. The molecule has 0 spiro atoms. The number of rotatable bonds is 20. The number of carbonyl (C=O) groups is 1. The second-order valence-electron chi connectivity index (χ2n) is 8.46. The summed E-state index contributed by atoms with van der Waals surface area (Å²) in [6, 6.07) is 6.63. The van der Waals surface area contributed by atoms with Crippen LogP contribution in [0.25, 0.3) is 0 Å². The maximum Gasteiger partial charge on any atom is 0.337 e. The Hall–Kier alpha value is -1.55. The fourth-order valence-electron chi connectivity index (χ4n) is 3.73. The number of unbranched alkanes of at least 4 members (excludes halogenated alkanes) is 15. The van der Waals surface area contributed by atoms with Crippen molar-refractivity contribution < 1.29 is 19.7 Å². The molecule has 0 heterocycles. The van der Waals surface area contributed by atoms with Crippen molar-refractivity contribution in [2.75, 3.05) is 6.61 Å². The predicted molar refractivity (Wildman–Crippen MR) is 124 cm³/mol. The van der Waals surface area contributed by atoms with Crippen molar-refractivity contribution in [3.63, 3.8) is 0 Å². The van der Waals surface area contributed by atoms with Crippen molar-refractivity contribution in [3.05, 3.63) is 29.8 Å². The van der Waals surface area contributed by atoms with Gasteiger partial charge >= 0.3 is 5.97 Å². The van der Waals surface area contributed by atoms with Crippen LogP contribution in [0.15, 0.2) is 24.3 Å². The maximum absolute atomic E-state index is 10.7. The molecule has 1 atom stereocenters. The van der Waals surface area contributed by atoms with Gasteiger partial charge in [0.15, 0.2) is 6.10 Å². The fourth-order valence-corrected chi connectivity index (χ4v) is 3.73. The molecular formula is C26H44O4. The molecule has 2 N–H and O–H groups in total. The van der Waals surface area contributed by atoms with E-state index in [9.17, 15) is 9.90 Å². The van der Waals surface area contributed by atoms with Gasteiger partial charge in [-0.15, -0.1) is 0 Å². The second kappa shape index (κ2) is 18.2. The zero-order valence-corrected chi connectivity index (χ0v) is 19.1. The average molecular weight is 421 g/mol. The lowest BCUT2D eigenvalue weighted by Gasteiger charge is -2.09. The molecule has 1 rings (SSSR count). The molecule has 0 saturated carbocycles. The van der Waals surface area contributed by atoms with Crippen LogP contribution in [0.5, 0.6) is 5.75 Å². The molecule has 0 aliphatic rings. The highest BCUT2D eigenvalue weighted by molar-refractivity contribution is 5.74. The van der Waals surface area contributed by atoms with Gasteiger partial charge < -0.3 is 14.9 Å². The van der Waals surface area contributed by atoms with Crippen LogP contribution in [0.1, 0.15) is 121 Å². The van der Waals surface area contributed by atoms with Gasteiger partial charge in [-0.05, 0) is 24.1 Å². The molecule has 0 saturated heterocycles. The minimum atomic E-state index is -1.47. The number of hydrogen-bond donors (Lipinski definition) is 2. The number of aliphatic hydroxyl groups excluding tert-OH is 1. The molecule has 0 aromatic heterocycles. The Kier molecular flexibility index (Phi) is 16.1. The first-order chi connectivity index (χ1) is 14.6. The molecule has 30 heavy (non-hydrogen) atoms. The first-order valence-corrected chi connectivity index (χ1v) is 12.3. The summed E-state index contributed by atoms with van der Waals surface area (Å²) < 4.78 is 5.69. The van der Waals surface area contributed by atoms with Crippen molar-refractivity contribution in [2.24, 2.45) is 0 Å². The molecule has 0 aliphatic carbocycles. The van der Waals surface area contributed by atoms with E-state index in [-0.39, 0.29) is 0 Å². The van der Waals surface area contributed by atoms with Crippen molar-refractivity contribution in [1.29, 1.82) is 0 Å². The highest BCUT2D eigenvalue weighted by Gasteiger charge is 2.15. The van der Waals surface area contributed by atoms with Gasteiger partial charge in [-0.2, -0.15) is 0 Å². The number of aliphatic carboxylic acids is 1. The monoisotopic (exact) mass is 420 g/mol. The molecule has 1 aromatic carbocycles. The van der Waals surface area contributed by atoms with Crippen LogP contribution in [0.3, 0.4) is 0 Å². The third kappa shape index (κ3) is 13.6. The molecule has 0 bridgehead atoms. The molecule has 1 aromatic rings. The Morgan fingerprint density at radius 2 is 1.13 bits per heavy atom. The number of aliphatic hydroxyl groups is 1. The Balaban J connectivity index is 1.85. The third-order valence-electron chi connectivity index (χ3n) is 5.70. The normalized spacial score (nSPS) is 12.1. The minimum Gasteiger partial charge on any atom is -0.494 e. The van der Waals surface area contributed by atoms with E-state index in [1.54, 1.807) is 24.3 Å². The zero-order valence-electron chi connectivity index (χ0n) is 19.1. The Bertz CT molecular complexity index is 526. The van der Waals surface area contributed by atoms with Crippen molar-refractivity contribution in [3.8, 4) is 5.75 Å². The Labute approximate surface area is 184 Å². The standard InChI is InChI=1S/C26H44O4/c1-2-3-4-5-6-7-8-9-10-11-12-13-14-15-16-17-22-30-24-20-18-23(19-21-24)25(27)26(28)29/h18-21,25,27H,2-17,22H2,1H3,(H,28,29). The van der Waals surface area contributed by atoms with E-state index in [1.807, 2.05) is 0 Å². The second-order valence-corrected chi connectivity index (χ2v) is 8.46. The quantitative estimate of drug-likeness (QED) is 0.215. The fraction of sp³-hybridized carbons (Fsp3) is 0.731. The lowest BCUT2D eigenvalue weighted by molar-refractivity contribution is -0.146. The van der Waals surface area contributed by atoms with E-state index in [2.05, 4.69) is 6.92 Å². The molecule has 0 amide bonds. The van der Waals surface area contributed by atoms with Gasteiger partial charge in [0.1, 0.15) is 5.75 Å². The van der Waals surface area contributed by atoms with Gasteiger partial charge in [0.2, 0.25) is 0 Å². The minimum absolute atomic E-state index is 0.372. The molecule has 4 nitrogen and oxygen atoms in total. The van der Waals surface area contributed by atoms with Crippen molar-refractivity contribution in [1.82, 2.24) is 0 Å². The molecular weight excluding hydrogens is 376 g/mol. The van der Waals surface area contributed by atoms with Crippen LogP contribution in [0.2, 0.25) is 0 Å².